The standard InChI is InChI=1S/C17H19BrN2O2/c1-9-14-13(20-19-9)8-17(3,22)16(10(2)21)15(14)11-4-6-12(18)7-5-11/h4-7,14-16,22H,8H2,1-3H3/t14-,15+,16-,17-/m0/s1. The van der Waals surface area contributed by atoms with Crippen LogP contribution in [0.1, 0.15) is 38.7 Å². The summed E-state index contributed by atoms with van der Waals surface area (Å²) in [6.45, 7) is 5.25. The third-order valence-corrected chi connectivity index (χ3v) is 5.29. The second-order valence-corrected chi connectivity index (χ2v) is 7.43. The number of carbonyl (C=O) groups is 1. The molecule has 0 amide bonds. The van der Waals surface area contributed by atoms with Gasteiger partial charge in [-0.1, -0.05) is 28.1 Å². The molecule has 0 aromatic heterocycles. The van der Waals surface area contributed by atoms with Gasteiger partial charge < -0.3 is 5.11 Å². The minimum Gasteiger partial charge on any atom is -0.389 e. The first-order chi connectivity index (χ1) is 10.3. The van der Waals surface area contributed by atoms with Crippen molar-refractivity contribution >= 4 is 33.1 Å². The van der Waals surface area contributed by atoms with Crippen molar-refractivity contribution in [3.05, 3.63) is 34.3 Å². The molecule has 1 aliphatic carbocycles. The van der Waals surface area contributed by atoms with E-state index in [4.69, 9.17) is 0 Å². The molecule has 0 saturated heterocycles. The van der Waals surface area contributed by atoms with Gasteiger partial charge in [0.15, 0.2) is 0 Å². The van der Waals surface area contributed by atoms with Crippen LogP contribution < -0.4 is 0 Å². The minimum absolute atomic E-state index is 0.00954. The fourth-order valence-corrected chi connectivity index (χ4v) is 4.20. The summed E-state index contributed by atoms with van der Waals surface area (Å²) in [5.41, 5.74) is 1.74. The van der Waals surface area contributed by atoms with Gasteiger partial charge in [-0.25, -0.2) is 0 Å². The van der Waals surface area contributed by atoms with Crippen LogP contribution in [-0.2, 0) is 4.79 Å². The van der Waals surface area contributed by atoms with Crippen LogP contribution in [0.25, 0.3) is 0 Å². The van der Waals surface area contributed by atoms with Gasteiger partial charge in [0.05, 0.1) is 17.2 Å². The molecule has 0 bridgehead atoms. The van der Waals surface area contributed by atoms with Crippen molar-refractivity contribution in [3.8, 4) is 0 Å². The third-order valence-electron chi connectivity index (χ3n) is 4.77. The molecule has 4 atom stereocenters. The number of hydrogen-bond acceptors (Lipinski definition) is 4. The van der Waals surface area contributed by atoms with Crippen LogP contribution >= 0.6 is 15.9 Å². The van der Waals surface area contributed by atoms with Gasteiger partial charge >= 0.3 is 0 Å². The molecule has 0 unspecified atom stereocenters. The first-order valence-electron chi connectivity index (χ1n) is 7.40. The number of aliphatic hydroxyl groups is 1. The second kappa shape index (κ2) is 5.39. The summed E-state index contributed by atoms with van der Waals surface area (Å²) in [6.07, 6.45) is 0.399. The summed E-state index contributed by atoms with van der Waals surface area (Å²) >= 11 is 3.44. The molecule has 5 heteroatoms. The zero-order chi connectivity index (χ0) is 16.1. The van der Waals surface area contributed by atoms with Gasteiger partial charge in [-0.15, -0.1) is 0 Å². The van der Waals surface area contributed by atoms with Gasteiger partial charge in [0, 0.05) is 28.4 Å². The van der Waals surface area contributed by atoms with E-state index in [9.17, 15) is 9.90 Å². The van der Waals surface area contributed by atoms with Crippen molar-refractivity contribution in [2.24, 2.45) is 22.0 Å². The lowest BCUT2D eigenvalue weighted by atomic mass is 9.59. The fraction of sp³-hybridized carbons (Fsp3) is 0.471. The van der Waals surface area contributed by atoms with Crippen molar-refractivity contribution in [2.45, 2.75) is 38.7 Å². The Balaban J connectivity index is 2.14. The molecule has 1 fully saturated rings. The highest BCUT2D eigenvalue weighted by Gasteiger charge is 2.53. The zero-order valence-electron chi connectivity index (χ0n) is 12.9. The normalized spacial score (nSPS) is 34.0. The summed E-state index contributed by atoms with van der Waals surface area (Å²) in [5, 5.41) is 19.3. The molecule has 0 spiro atoms. The first-order valence-corrected chi connectivity index (χ1v) is 8.20. The van der Waals surface area contributed by atoms with Gasteiger partial charge in [-0.2, -0.15) is 10.2 Å². The van der Waals surface area contributed by atoms with Crippen molar-refractivity contribution in [1.29, 1.82) is 0 Å². The number of carbonyl (C=O) groups excluding carboxylic acids is 1. The number of ketones is 1. The molecule has 1 aromatic carbocycles. The van der Waals surface area contributed by atoms with Crippen molar-refractivity contribution in [2.75, 3.05) is 0 Å². The van der Waals surface area contributed by atoms with Gasteiger partial charge in [-0.3, -0.25) is 4.79 Å². The van der Waals surface area contributed by atoms with Crippen LogP contribution in [0.4, 0.5) is 0 Å². The maximum absolute atomic E-state index is 12.3. The Kier molecular flexibility index (Phi) is 3.81. The first kappa shape index (κ1) is 15.6. The smallest absolute Gasteiger partial charge is 0.136 e. The van der Waals surface area contributed by atoms with E-state index in [-0.39, 0.29) is 17.6 Å². The van der Waals surface area contributed by atoms with Gasteiger partial charge in [0.1, 0.15) is 5.78 Å². The lowest BCUT2D eigenvalue weighted by Crippen LogP contribution is -2.53. The number of Topliss-reactive ketones (excluding diaryl/α,β-unsaturated/α-hetero) is 1. The third kappa shape index (κ3) is 2.46. The second-order valence-electron chi connectivity index (χ2n) is 6.51. The lowest BCUT2D eigenvalue weighted by molar-refractivity contribution is -0.131. The SMILES string of the molecule is CC(=O)[C@H]1[C@H](c2ccc(Br)cc2)[C@H]2C(C)=NN=C2C[C@]1(C)O. The highest BCUT2D eigenvalue weighted by atomic mass is 79.9. The Morgan fingerprint density at radius 3 is 2.55 bits per heavy atom. The van der Waals surface area contributed by atoms with Crippen LogP contribution in [0.5, 0.6) is 0 Å². The van der Waals surface area contributed by atoms with Crippen LogP contribution in [0.15, 0.2) is 38.9 Å². The molecule has 0 radical (unpaired) electrons. The molecular formula is C17H19BrN2O2. The summed E-state index contributed by atoms with van der Waals surface area (Å²) < 4.78 is 0.990. The van der Waals surface area contributed by atoms with E-state index < -0.39 is 11.5 Å². The Bertz CT molecular complexity index is 676. The molecule has 3 rings (SSSR count). The summed E-state index contributed by atoms with van der Waals surface area (Å²) in [4.78, 5) is 12.3. The Morgan fingerprint density at radius 2 is 1.95 bits per heavy atom. The highest BCUT2D eigenvalue weighted by Crippen LogP contribution is 2.48. The molecule has 116 valence electrons. The molecular weight excluding hydrogens is 344 g/mol. The van der Waals surface area contributed by atoms with Crippen LogP contribution in [-0.4, -0.2) is 27.9 Å². The monoisotopic (exact) mass is 362 g/mol. The maximum atomic E-state index is 12.3. The number of rotatable bonds is 2. The minimum atomic E-state index is -1.10. The van der Waals surface area contributed by atoms with Crippen molar-refractivity contribution in [1.82, 2.24) is 0 Å². The number of fused-ring (bicyclic) bond motifs is 1. The van der Waals surface area contributed by atoms with E-state index >= 15 is 0 Å². The van der Waals surface area contributed by atoms with Crippen LogP contribution in [0, 0.1) is 11.8 Å². The average Bonchev–Trinajstić information content (AvgIpc) is 2.77. The van der Waals surface area contributed by atoms with E-state index in [1.807, 2.05) is 31.2 Å². The molecule has 1 N–H and O–H groups in total. The Hall–Kier alpha value is -1.33. The predicted molar refractivity (Wildman–Crippen MR) is 90.3 cm³/mol. The van der Waals surface area contributed by atoms with Crippen LogP contribution in [0.3, 0.4) is 0 Å². The molecule has 1 aromatic rings. The molecule has 4 nitrogen and oxygen atoms in total. The number of benzene rings is 1. The fourth-order valence-electron chi connectivity index (χ4n) is 3.94. The van der Waals surface area contributed by atoms with Gasteiger partial charge in [0.2, 0.25) is 0 Å². The zero-order valence-corrected chi connectivity index (χ0v) is 14.5. The highest BCUT2D eigenvalue weighted by molar-refractivity contribution is 9.10. The van der Waals surface area contributed by atoms with Gasteiger partial charge in [0.25, 0.3) is 0 Å². The molecule has 2 aliphatic rings. The lowest BCUT2D eigenvalue weighted by Gasteiger charge is -2.45. The largest absolute Gasteiger partial charge is 0.389 e. The van der Waals surface area contributed by atoms with Crippen molar-refractivity contribution < 1.29 is 9.90 Å². The topological polar surface area (TPSA) is 62.0 Å². The summed E-state index contributed by atoms with van der Waals surface area (Å²) in [6, 6.07) is 7.95. The van der Waals surface area contributed by atoms with Crippen molar-refractivity contribution in [3.63, 3.8) is 0 Å². The van der Waals surface area contributed by atoms with E-state index in [1.54, 1.807) is 13.8 Å². The van der Waals surface area contributed by atoms with E-state index in [1.165, 1.54) is 0 Å². The molecule has 1 aliphatic heterocycles. The Labute approximate surface area is 138 Å². The summed E-state index contributed by atoms with van der Waals surface area (Å²) in [5.74, 6) is -0.563. The molecule has 1 saturated carbocycles. The number of hydrogen-bond donors (Lipinski definition) is 1. The van der Waals surface area contributed by atoms with Crippen LogP contribution in [0.2, 0.25) is 0 Å². The summed E-state index contributed by atoms with van der Waals surface area (Å²) in [7, 11) is 0. The molecule has 1 heterocycles. The molecule has 22 heavy (non-hydrogen) atoms. The predicted octanol–water partition coefficient (Wildman–Crippen LogP) is 3.34. The van der Waals surface area contributed by atoms with E-state index in [0.717, 1.165) is 21.5 Å². The maximum Gasteiger partial charge on any atom is 0.136 e. The number of halogens is 1. The quantitative estimate of drug-likeness (QED) is 0.876. The average molecular weight is 363 g/mol. The van der Waals surface area contributed by atoms with E-state index in [0.29, 0.717) is 6.42 Å². The van der Waals surface area contributed by atoms with Gasteiger partial charge in [-0.05, 0) is 38.5 Å². The van der Waals surface area contributed by atoms with E-state index in [2.05, 4.69) is 26.1 Å². The Morgan fingerprint density at radius 1 is 1.32 bits per heavy atom. The number of nitrogens with zero attached hydrogens (tertiary/aromatic N) is 2.